The number of thiophene rings is 1. The smallest absolute Gasteiger partial charge is 0.339 e. The van der Waals surface area contributed by atoms with E-state index in [1.54, 1.807) is 16.7 Å². The molecule has 27 heavy (non-hydrogen) atoms. The van der Waals surface area contributed by atoms with Gasteiger partial charge in [-0.1, -0.05) is 6.92 Å². The zero-order valence-electron chi connectivity index (χ0n) is 14.7. The van der Waals surface area contributed by atoms with Crippen molar-refractivity contribution < 1.29 is 22.7 Å². The van der Waals surface area contributed by atoms with Crippen LogP contribution in [0.5, 0.6) is 0 Å². The molecule has 1 aromatic heterocycles. The molecule has 1 aliphatic carbocycles. The Labute approximate surface area is 161 Å². The molecule has 7 nitrogen and oxygen atoms in total. The molecule has 3 N–H and O–H groups in total. The average molecular weight is 409 g/mol. The molecule has 1 aliphatic rings. The number of primary sulfonamides is 1. The van der Waals surface area contributed by atoms with E-state index in [2.05, 4.69) is 12.2 Å². The van der Waals surface area contributed by atoms with E-state index in [0.717, 1.165) is 24.8 Å². The standard InChI is InChI=1S/C18H20N2O5S2/c1-11-2-7-14-15(10-26-16(14)8-11)18(22)25-9-17(21)20-12-3-5-13(6-4-12)27(19,23)24/h3-6,10-11H,2,7-9H2,1H3,(H,20,21)(H2,19,23,24). The summed E-state index contributed by atoms with van der Waals surface area (Å²) >= 11 is 1.56. The molecule has 0 saturated heterocycles. The third-order valence-electron chi connectivity index (χ3n) is 4.42. The van der Waals surface area contributed by atoms with Crippen LogP contribution in [0.3, 0.4) is 0 Å². The van der Waals surface area contributed by atoms with Crippen LogP contribution in [0.25, 0.3) is 0 Å². The Morgan fingerprint density at radius 3 is 2.67 bits per heavy atom. The van der Waals surface area contributed by atoms with Gasteiger partial charge in [-0.15, -0.1) is 11.3 Å². The highest BCUT2D eigenvalue weighted by molar-refractivity contribution is 7.89. The van der Waals surface area contributed by atoms with Crippen molar-refractivity contribution in [1.29, 1.82) is 0 Å². The number of carbonyl (C=O) groups excluding carboxylic acids is 2. The molecule has 1 unspecified atom stereocenters. The molecule has 9 heteroatoms. The highest BCUT2D eigenvalue weighted by Gasteiger charge is 2.24. The maximum atomic E-state index is 12.3. The summed E-state index contributed by atoms with van der Waals surface area (Å²) in [4.78, 5) is 25.4. The molecule has 1 aromatic carbocycles. The lowest BCUT2D eigenvalue weighted by Crippen LogP contribution is -2.21. The Morgan fingerprint density at radius 1 is 1.30 bits per heavy atom. The average Bonchev–Trinajstić information content (AvgIpc) is 3.02. The Kier molecular flexibility index (Phi) is 5.64. The van der Waals surface area contributed by atoms with Gasteiger partial charge < -0.3 is 10.1 Å². The Balaban J connectivity index is 1.56. The number of fused-ring (bicyclic) bond motifs is 1. The van der Waals surface area contributed by atoms with Gasteiger partial charge >= 0.3 is 5.97 Å². The molecule has 3 rings (SSSR count). The number of rotatable bonds is 5. The van der Waals surface area contributed by atoms with Crippen LogP contribution < -0.4 is 10.5 Å². The summed E-state index contributed by atoms with van der Waals surface area (Å²) in [6.45, 7) is 1.78. The van der Waals surface area contributed by atoms with Gasteiger partial charge in [0.1, 0.15) is 0 Å². The number of hydrogen-bond acceptors (Lipinski definition) is 6. The van der Waals surface area contributed by atoms with Crippen molar-refractivity contribution in [1.82, 2.24) is 0 Å². The van der Waals surface area contributed by atoms with E-state index in [4.69, 9.17) is 9.88 Å². The number of nitrogens with one attached hydrogen (secondary N) is 1. The largest absolute Gasteiger partial charge is 0.452 e. The number of anilines is 1. The summed E-state index contributed by atoms with van der Waals surface area (Å²) in [6, 6.07) is 5.40. The molecule has 0 saturated carbocycles. The number of ether oxygens (including phenoxy) is 1. The summed E-state index contributed by atoms with van der Waals surface area (Å²) in [5, 5.41) is 9.36. The first-order valence-corrected chi connectivity index (χ1v) is 10.9. The van der Waals surface area contributed by atoms with E-state index in [9.17, 15) is 18.0 Å². The molecule has 0 bridgehead atoms. The summed E-state index contributed by atoms with van der Waals surface area (Å²) in [6.07, 6.45) is 2.87. The van der Waals surface area contributed by atoms with Gasteiger partial charge in [-0.25, -0.2) is 18.4 Å². The molecule has 144 valence electrons. The third-order valence-corrected chi connectivity index (χ3v) is 6.40. The molecular weight excluding hydrogens is 388 g/mol. The van der Waals surface area contributed by atoms with E-state index in [-0.39, 0.29) is 4.90 Å². The number of amides is 1. The van der Waals surface area contributed by atoms with Crippen LogP contribution in [-0.4, -0.2) is 26.9 Å². The van der Waals surface area contributed by atoms with Gasteiger partial charge in [-0.3, -0.25) is 4.79 Å². The molecule has 2 aromatic rings. The summed E-state index contributed by atoms with van der Waals surface area (Å²) < 4.78 is 27.6. The minimum absolute atomic E-state index is 0.0523. The van der Waals surface area contributed by atoms with Crippen molar-refractivity contribution in [3.05, 3.63) is 45.6 Å². The molecule has 0 aliphatic heterocycles. The molecule has 0 spiro atoms. The van der Waals surface area contributed by atoms with Gasteiger partial charge in [-0.05, 0) is 55.0 Å². The zero-order chi connectivity index (χ0) is 19.6. The second kappa shape index (κ2) is 7.79. The van der Waals surface area contributed by atoms with E-state index in [1.807, 2.05) is 0 Å². The predicted octanol–water partition coefficient (Wildman–Crippen LogP) is 2.32. The van der Waals surface area contributed by atoms with Crippen LogP contribution >= 0.6 is 11.3 Å². The van der Waals surface area contributed by atoms with Crippen LogP contribution in [0.1, 0.15) is 34.1 Å². The van der Waals surface area contributed by atoms with Crippen molar-refractivity contribution in [3.63, 3.8) is 0 Å². The first kappa shape index (κ1) is 19.5. The summed E-state index contributed by atoms with van der Waals surface area (Å²) in [7, 11) is -3.79. The maximum Gasteiger partial charge on any atom is 0.339 e. The Bertz CT molecular complexity index is 964. The lowest BCUT2D eigenvalue weighted by molar-refractivity contribution is -0.119. The number of benzene rings is 1. The van der Waals surface area contributed by atoms with Gasteiger partial charge in [0.05, 0.1) is 10.5 Å². The van der Waals surface area contributed by atoms with Crippen LogP contribution in [0, 0.1) is 5.92 Å². The fraction of sp³-hybridized carbons (Fsp3) is 0.333. The van der Waals surface area contributed by atoms with Gasteiger partial charge in [-0.2, -0.15) is 0 Å². The van der Waals surface area contributed by atoms with Gasteiger partial charge in [0.2, 0.25) is 10.0 Å². The van der Waals surface area contributed by atoms with Crippen LogP contribution in [-0.2, 0) is 32.4 Å². The first-order chi connectivity index (χ1) is 12.7. The van der Waals surface area contributed by atoms with Crippen LogP contribution in [0.2, 0.25) is 0 Å². The van der Waals surface area contributed by atoms with Gasteiger partial charge in [0.15, 0.2) is 6.61 Å². The van der Waals surface area contributed by atoms with Crippen molar-refractivity contribution in [2.75, 3.05) is 11.9 Å². The SMILES string of the molecule is CC1CCc2c(C(=O)OCC(=O)Nc3ccc(S(N)(=O)=O)cc3)csc2C1. The second-order valence-electron chi connectivity index (χ2n) is 6.59. The Hall–Kier alpha value is -2.23. The molecule has 0 radical (unpaired) electrons. The van der Waals surface area contributed by atoms with E-state index in [0.29, 0.717) is 17.2 Å². The first-order valence-electron chi connectivity index (χ1n) is 8.43. The lowest BCUT2D eigenvalue weighted by Gasteiger charge is -2.18. The fourth-order valence-electron chi connectivity index (χ4n) is 2.98. The molecule has 0 fully saturated rings. The van der Waals surface area contributed by atoms with Crippen molar-refractivity contribution >= 4 is 38.9 Å². The highest BCUT2D eigenvalue weighted by atomic mass is 32.2. The number of hydrogen-bond donors (Lipinski definition) is 2. The van der Waals surface area contributed by atoms with Crippen molar-refractivity contribution in [2.24, 2.45) is 11.1 Å². The predicted molar refractivity (Wildman–Crippen MR) is 102 cm³/mol. The number of carbonyl (C=O) groups is 2. The van der Waals surface area contributed by atoms with E-state index < -0.39 is 28.5 Å². The van der Waals surface area contributed by atoms with Gasteiger partial charge in [0.25, 0.3) is 5.91 Å². The normalized spacial score (nSPS) is 16.4. The lowest BCUT2D eigenvalue weighted by atomic mass is 9.88. The highest BCUT2D eigenvalue weighted by Crippen LogP contribution is 2.33. The molecule has 1 amide bonds. The topological polar surface area (TPSA) is 116 Å². The van der Waals surface area contributed by atoms with Crippen LogP contribution in [0.4, 0.5) is 5.69 Å². The van der Waals surface area contributed by atoms with Crippen molar-refractivity contribution in [3.8, 4) is 0 Å². The van der Waals surface area contributed by atoms with Crippen LogP contribution in [0.15, 0.2) is 34.5 Å². The minimum atomic E-state index is -3.79. The van der Waals surface area contributed by atoms with E-state index >= 15 is 0 Å². The monoisotopic (exact) mass is 408 g/mol. The quantitative estimate of drug-likeness (QED) is 0.737. The maximum absolute atomic E-state index is 12.3. The minimum Gasteiger partial charge on any atom is -0.452 e. The van der Waals surface area contributed by atoms with E-state index in [1.165, 1.54) is 29.1 Å². The van der Waals surface area contributed by atoms with Crippen molar-refractivity contribution in [2.45, 2.75) is 31.1 Å². The number of esters is 1. The number of sulfonamides is 1. The summed E-state index contributed by atoms with van der Waals surface area (Å²) in [5.74, 6) is -0.391. The fourth-order valence-corrected chi connectivity index (χ4v) is 4.73. The Morgan fingerprint density at radius 2 is 2.00 bits per heavy atom. The van der Waals surface area contributed by atoms with Gasteiger partial charge in [0, 0.05) is 15.9 Å². The molecular formula is C18H20N2O5S2. The summed E-state index contributed by atoms with van der Waals surface area (Å²) in [5.41, 5.74) is 1.97. The molecule has 1 heterocycles. The third kappa shape index (κ3) is 4.74. The second-order valence-corrected chi connectivity index (χ2v) is 9.12. The molecule has 1 atom stereocenters. The zero-order valence-corrected chi connectivity index (χ0v) is 16.4. The number of nitrogens with two attached hydrogens (primary N) is 1.